The quantitative estimate of drug-likeness (QED) is 0.606. The average Bonchev–Trinajstić information content (AvgIpc) is 2.13. The number of benzene rings is 1. The predicted octanol–water partition coefficient (Wildman–Crippen LogP) is 3.08. The van der Waals surface area contributed by atoms with Gasteiger partial charge >= 0.3 is 5.37 Å². The Kier molecular flexibility index (Phi) is 3.36. The number of hydrogen-bond donors (Lipinski definition) is 1. The molecule has 3 nitrogen and oxygen atoms in total. The molecule has 0 bridgehead atoms. The van der Waals surface area contributed by atoms with E-state index < -0.39 is 5.37 Å². The van der Waals surface area contributed by atoms with Crippen molar-refractivity contribution in [2.75, 3.05) is 12.4 Å². The number of nitrogens with one attached hydrogen (secondary N) is 1. The van der Waals surface area contributed by atoms with Gasteiger partial charge in [-0.1, -0.05) is 0 Å². The first-order chi connectivity index (χ1) is 6.56. The highest BCUT2D eigenvalue weighted by Crippen LogP contribution is 2.27. The van der Waals surface area contributed by atoms with Crippen LogP contribution in [0.2, 0.25) is 0 Å². The Hall–Kier alpha value is -1.22. The fourth-order valence-corrected chi connectivity index (χ4v) is 1.36. The van der Waals surface area contributed by atoms with Crippen LogP contribution in [-0.4, -0.2) is 12.5 Å². The first-order valence-corrected chi connectivity index (χ1v) is 4.54. The predicted molar refractivity (Wildman–Crippen MR) is 57.3 cm³/mol. The van der Waals surface area contributed by atoms with E-state index in [9.17, 15) is 4.79 Å². The second-order valence-corrected chi connectivity index (χ2v) is 3.31. The van der Waals surface area contributed by atoms with Crippen LogP contribution in [0.3, 0.4) is 0 Å². The van der Waals surface area contributed by atoms with E-state index in [1.165, 1.54) is 0 Å². The second kappa shape index (κ2) is 4.33. The Bertz CT molecular complexity index is 363. The number of carbonyl (C=O) groups excluding carboxylic acids is 1. The standard InChI is InChI=1S/C10H12ClNO2/c1-6-7(2)9(14-3)5-4-8(6)12-10(11)13/h4-5H,1-3H3,(H,12,13). The van der Waals surface area contributed by atoms with Crippen LogP contribution < -0.4 is 10.1 Å². The molecule has 14 heavy (non-hydrogen) atoms. The molecular formula is C10H12ClNO2. The maximum Gasteiger partial charge on any atom is 0.318 e. The maximum atomic E-state index is 10.7. The zero-order chi connectivity index (χ0) is 10.7. The highest BCUT2D eigenvalue weighted by Gasteiger charge is 2.07. The zero-order valence-electron chi connectivity index (χ0n) is 8.35. The molecule has 0 saturated heterocycles. The van der Waals surface area contributed by atoms with Gasteiger partial charge in [0, 0.05) is 5.69 Å². The summed E-state index contributed by atoms with van der Waals surface area (Å²) < 4.78 is 5.14. The van der Waals surface area contributed by atoms with Gasteiger partial charge in [0.15, 0.2) is 0 Å². The molecule has 0 heterocycles. The van der Waals surface area contributed by atoms with Gasteiger partial charge in [0.1, 0.15) is 5.75 Å². The topological polar surface area (TPSA) is 38.3 Å². The van der Waals surface area contributed by atoms with Gasteiger partial charge in [0.2, 0.25) is 0 Å². The minimum absolute atomic E-state index is 0.585. The highest BCUT2D eigenvalue weighted by molar-refractivity contribution is 6.65. The molecule has 1 N–H and O–H groups in total. The van der Waals surface area contributed by atoms with E-state index in [-0.39, 0.29) is 0 Å². The monoisotopic (exact) mass is 213 g/mol. The molecule has 76 valence electrons. The smallest absolute Gasteiger partial charge is 0.318 e. The molecule has 0 unspecified atom stereocenters. The fraction of sp³-hybridized carbons (Fsp3) is 0.300. The lowest BCUT2D eigenvalue weighted by atomic mass is 10.1. The summed E-state index contributed by atoms with van der Waals surface area (Å²) in [6.07, 6.45) is 0. The Labute approximate surface area is 88.0 Å². The fourth-order valence-electron chi connectivity index (χ4n) is 1.26. The van der Waals surface area contributed by atoms with Crippen molar-refractivity contribution >= 4 is 22.7 Å². The van der Waals surface area contributed by atoms with Gasteiger partial charge in [0.25, 0.3) is 0 Å². The van der Waals surface area contributed by atoms with Gasteiger partial charge in [-0.2, -0.15) is 0 Å². The molecule has 0 radical (unpaired) electrons. The summed E-state index contributed by atoms with van der Waals surface area (Å²) >= 11 is 5.23. The van der Waals surface area contributed by atoms with Crippen LogP contribution in [0.1, 0.15) is 11.1 Å². The number of carbonyl (C=O) groups is 1. The Balaban J connectivity index is 3.10. The number of anilines is 1. The normalized spacial score (nSPS) is 9.71. The molecular weight excluding hydrogens is 202 g/mol. The van der Waals surface area contributed by atoms with Crippen LogP contribution >= 0.6 is 11.6 Å². The summed E-state index contributed by atoms with van der Waals surface area (Å²) in [5.41, 5.74) is 2.66. The Morgan fingerprint density at radius 3 is 2.50 bits per heavy atom. The van der Waals surface area contributed by atoms with Crippen molar-refractivity contribution in [1.82, 2.24) is 0 Å². The number of halogens is 1. The molecule has 0 saturated carbocycles. The van der Waals surface area contributed by atoms with Gasteiger partial charge in [0.05, 0.1) is 7.11 Å². The van der Waals surface area contributed by atoms with Crippen LogP contribution in [0.15, 0.2) is 12.1 Å². The summed E-state index contributed by atoms with van der Waals surface area (Å²) in [5, 5.41) is 1.95. The van der Waals surface area contributed by atoms with Gasteiger partial charge in [-0.25, -0.2) is 0 Å². The van der Waals surface area contributed by atoms with Crippen LogP contribution in [0, 0.1) is 13.8 Å². The van der Waals surface area contributed by atoms with Gasteiger partial charge in [-0.05, 0) is 48.7 Å². The van der Waals surface area contributed by atoms with E-state index >= 15 is 0 Å². The third-order valence-corrected chi connectivity index (χ3v) is 2.28. The number of ether oxygens (including phenoxy) is 1. The van der Waals surface area contributed by atoms with Crippen molar-refractivity contribution in [2.24, 2.45) is 0 Å². The Morgan fingerprint density at radius 1 is 1.36 bits per heavy atom. The molecule has 0 aromatic heterocycles. The largest absolute Gasteiger partial charge is 0.496 e. The third-order valence-electron chi connectivity index (χ3n) is 2.19. The van der Waals surface area contributed by atoms with Crippen molar-refractivity contribution in [3.8, 4) is 5.75 Å². The molecule has 0 aliphatic rings. The molecule has 0 atom stereocenters. The molecule has 0 aliphatic carbocycles. The maximum absolute atomic E-state index is 10.7. The van der Waals surface area contributed by atoms with Gasteiger partial charge in [-0.3, -0.25) is 4.79 Å². The lowest BCUT2D eigenvalue weighted by Gasteiger charge is -2.11. The number of methoxy groups -OCH3 is 1. The molecule has 1 amide bonds. The molecule has 0 fully saturated rings. The first-order valence-electron chi connectivity index (χ1n) is 4.17. The number of rotatable bonds is 2. The summed E-state index contributed by atoms with van der Waals surface area (Å²) in [4.78, 5) is 10.7. The van der Waals surface area contributed by atoms with Crippen molar-refractivity contribution in [3.05, 3.63) is 23.3 Å². The summed E-state index contributed by atoms with van der Waals surface area (Å²) in [6.45, 7) is 3.83. The SMILES string of the molecule is COc1ccc(NC(=O)Cl)c(C)c1C. The lowest BCUT2D eigenvalue weighted by Crippen LogP contribution is -2.04. The van der Waals surface area contributed by atoms with Crippen molar-refractivity contribution in [2.45, 2.75) is 13.8 Å². The van der Waals surface area contributed by atoms with Crippen molar-refractivity contribution in [1.29, 1.82) is 0 Å². The van der Waals surface area contributed by atoms with Crippen molar-refractivity contribution < 1.29 is 9.53 Å². The molecule has 4 heteroatoms. The van der Waals surface area contributed by atoms with E-state index in [2.05, 4.69) is 5.32 Å². The molecule has 1 aromatic rings. The Morgan fingerprint density at radius 2 is 2.00 bits per heavy atom. The minimum atomic E-state index is -0.585. The van der Waals surface area contributed by atoms with E-state index in [1.54, 1.807) is 19.2 Å². The summed E-state index contributed by atoms with van der Waals surface area (Å²) in [6, 6.07) is 3.56. The van der Waals surface area contributed by atoms with Crippen LogP contribution in [0.25, 0.3) is 0 Å². The van der Waals surface area contributed by atoms with E-state index in [4.69, 9.17) is 16.3 Å². The van der Waals surface area contributed by atoms with Crippen LogP contribution in [0.4, 0.5) is 10.5 Å². The van der Waals surface area contributed by atoms with Crippen LogP contribution in [0.5, 0.6) is 5.75 Å². The van der Waals surface area contributed by atoms with Crippen LogP contribution in [-0.2, 0) is 0 Å². The van der Waals surface area contributed by atoms with Gasteiger partial charge < -0.3 is 10.1 Å². The zero-order valence-corrected chi connectivity index (χ0v) is 9.11. The summed E-state index contributed by atoms with van der Waals surface area (Å²) in [7, 11) is 1.61. The molecule has 1 aromatic carbocycles. The number of hydrogen-bond acceptors (Lipinski definition) is 2. The molecule has 0 aliphatic heterocycles. The van der Waals surface area contributed by atoms with E-state index in [0.29, 0.717) is 5.69 Å². The average molecular weight is 214 g/mol. The first kappa shape index (κ1) is 10.9. The second-order valence-electron chi connectivity index (χ2n) is 2.96. The highest BCUT2D eigenvalue weighted by atomic mass is 35.5. The van der Waals surface area contributed by atoms with E-state index in [1.807, 2.05) is 13.8 Å². The van der Waals surface area contributed by atoms with Gasteiger partial charge in [-0.15, -0.1) is 0 Å². The minimum Gasteiger partial charge on any atom is -0.496 e. The van der Waals surface area contributed by atoms with Crippen molar-refractivity contribution in [3.63, 3.8) is 0 Å². The number of amides is 1. The lowest BCUT2D eigenvalue weighted by molar-refractivity contribution is 0.269. The third kappa shape index (κ3) is 2.17. The summed E-state index contributed by atoms with van der Waals surface area (Å²) in [5.74, 6) is 0.801. The molecule has 1 rings (SSSR count). The molecule has 0 spiro atoms. The van der Waals surface area contributed by atoms with E-state index in [0.717, 1.165) is 16.9 Å².